The second-order valence-corrected chi connectivity index (χ2v) is 3.89. The lowest BCUT2D eigenvalue weighted by Gasteiger charge is -2.22. The predicted molar refractivity (Wildman–Crippen MR) is 61.1 cm³/mol. The average Bonchev–Trinajstić information content (AvgIpc) is 2.38. The van der Waals surface area contributed by atoms with Crippen molar-refractivity contribution in [1.29, 1.82) is 0 Å². The second kappa shape index (κ2) is 5.47. The van der Waals surface area contributed by atoms with Crippen LogP contribution in [0.3, 0.4) is 0 Å². The van der Waals surface area contributed by atoms with Crippen LogP contribution in [-0.4, -0.2) is 29.7 Å². The molecule has 0 saturated carbocycles. The molecule has 2 heterocycles. The van der Waals surface area contributed by atoms with E-state index in [1.54, 1.807) is 6.07 Å². The molecule has 0 radical (unpaired) electrons. The smallest absolute Gasteiger partial charge is 0.217 e. The Hall–Kier alpha value is -1.60. The number of hydrogen-bond donors (Lipinski definition) is 1. The van der Waals surface area contributed by atoms with E-state index in [2.05, 4.69) is 21.2 Å². The number of ether oxygens (including phenoxy) is 1. The number of rotatable bonds is 3. The van der Waals surface area contributed by atoms with Gasteiger partial charge < -0.3 is 10.1 Å². The molecular weight excluding hydrogens is 202 g/mol. The van der Waals surface area contributed by atoms with Crippen LogP contribution >= 0.6 is 0 Å². The highest BCUT2D eigenvalue weighted by atomic mass is 16.5. The van der Waals surface area contributed by atoms with Crippen molar-refractivity contribution < 1.29 is 4.74 Å². The average molecular weight is 217 g/mol. The minimum Gasteiger partial charge on any atom is -0.477 e. The van der Waals surface area contributed by atoms with Gasteiger partial charge in [-0.2, -0.15) is 0 Å². The van der Waals surface area contributed by atoms with Crippen LogP contribution in [0.1, 0.15) is 18.5 Å². The zero-order valence-electron chi connectivity index (χ0n) is 9.15. The van der Waals surface area contributed by atoms with E-state index in [0.29, 0.717) is 24.1 Å². The van der Waals surface area contributed by atoms with E-state index in [1.807, 2.05) is 0 Å². The molecule has 4 nitrogen and oxygen atoms in total. The van der Waals surface area contributed by atoms with Crippen molar-refractivity contribution in [3.05, 3.63) is 18.1 Å². The Morgan fingerprint density at radius 3 is 3.00 bits per heavy atom. The van der Waals surface area contributed by atoms with E-state index in [9.17, 15) is 0 Å². The van der Waals surface area contributed by atoms with Crippen LogP contribution in [0.25, 0.3) is 0 Å². The van der Waals surface area contributed by atoms with Gasteiger partial charge in [0.1, 0.15) is 12.0 Å². The van der Waals surface area contributed by atoms with Crippen LogP contribution in [0.2, 0.25) is 0 Å². The van der Waals surface area contributed by atoms with E-state index in [1.165, 1.54) is 6.33 Å². The Kier molecular flexibility index (Phi) is 3.73. The van der Waals surface area contributed by atoms with E-state index < -0.39 is 0 Å². The lowest BCUT2D eigenvalue weighted by Crippen LogP contribution is -2.30. The molecule has 0 amide bonds. The third kappa shape index (κ3) is 2.94. The fourth-order valence-corrected chi connectivity index (χ4v) is 1.75. The molecule has 4 heteroatoms. The normalized spacial score (nSPS) is 16.7. The van der Waals surface area contributed by atoms with Crippen molar-refractivity contribution in [3.8, 4) is 18.2 Å². The second-order valence-electron chi connectivity index (χ2n) is 3.89. The molecule has 1 N–H and O–H groups in total. The summed E-state index contributed by atoms with van der Waals surface area (Å²) in [6, 6.07) is 1.70. The Labute approximate surface area is 95.4 Å². The molecule has 16 heavy (non-hydrogen) atoms. The Bertz CT molecular complexity index is 380. The summed E-state index contributed by atoms with van der Waals surface area (Å²) in [5.41, 5.74) is 0.565. The monoisotopic (exact) mass is 217 g/mol. The highest BCUT2D eigenvalue weighted by molar-refractivity contribution is 5.27. The van der Waals surface area contributed by atoms with Crippen molar-refractivity contribution in [1.82, 2.24) is 15.3 Å². The first-order valence-electron chi connectivity index (χ1n) is 5.50. The van der Waals surface area contributed by atoms with Gasteiger partial charge in [-0.25, -0.2) is 9.97 Å². The largest absolute Gasteiger partial charge is 0.477 e. The molecule has 1 aromatic rings. The molecule has 0 atom stereocenters. The molecule has 0 bridgehead atoms. The minimum atomic E-state index is 0.565. The van der Waals surface area contributed by atoms with E-state index >= 15 is 0 Å². The molecule has 84 valence electrons. The number of piperidine rings is 1. The Morgan fingerprint density at radius 1 is 1.44 bits per heavy atom. The summed E-state index contributed by atoms with van der Waals surface area (Å²) in [6.07, 6.45) is 9.01. The quantitative estimate of drug-likeness (QED) is 0.762. The summed E-state index contributed by atoms with van der Waals surface area (Å²) in [6.45, 7) is 2.86. The number of aromatic nitrogens is 2. The molecule has 0 spiro atoms. The SMILES string of the molecule is C#Cc1cc(OCC2CCNCC2)ncn1. The van der Waals surface area contributed by atoms with Gasteiger partial charge in [-0.05, 0) is 37.8 Å². The topological polar surface area (TPSA) is 47.0 Å². The maximum absolute atomic E-state index is 5.61. The molecule has 0 unspecified atom stereocenters. The van der Waals surface area contributed by atoms with Gasteiger partial charge in [0, 0.05) is 6.07 Å². The molecule has 1 aromatic heterocycles. The summed E-state index contributed by atoms with van der Waals surface area (Å²) in [4.78, 5) is 7.94. The lowest BCUT2D eigenvalue weighted by molar-refractivity contribution is 0.208. The number of nitrogens with one attached hydrogen (secondary N) is 1. The van der Waals surface area contributed by atoms with Crippen molar-refractivity contribution >= 4 is 0 Å². The fourth-order valence-electron chi connectivity index (χ4n) is 1.75. The van der Waals surface area contributed by atoms with Crippen LogP contribution < -0.4 is 10.1 Å². The third-order valence-corrected chi connectivity index (χ3v) is 2.72. The molecule has 1 saturated heterocycles. The van der Waals surface area contributed by atoms with E-state index in [4.69, 9.17) is 11.2 Å². The highest BCUT2D eigenvalue weighted by Crippen LogP contribution is 2.14. The van der Waals surface area contributed by atoms with Gasteiger partial charge in [0.25, 0.3) is 0 Å². The van der Waals surface area contributed by atoms with Gasteiger partial charge in [-0.1, -0.05) is 0 Å². The molecule has 1 aliphatic heterocycles. The maximum atomic E-state index is 5.61. The van der Waals surface area contributed by atoms with Gasteiger partial charge in [0.05, 0.1) is 6.61 Å². The fraction of sp³-hybridized carbons (Fsp3) is 0.500. The first-order valence-corrected chi connectivity index (χ1v) is 5.50. The molecule has 0 aromatic carbocycles. The summed E-state index contributed by atoms with van der Waals surface area (Å²) >= 11 is 0. The van der Waals surface area contributed by atoms with Crippen LogP contribution in [0.5, 0.6) is 5.88 Å². The standard InChI is InChI=1S/C12H15N3O/c1-2-11-7-12(15-9-14-11)16-8-10-3-5-13-6-4-10/h1,7,9-10,13H,3-6,8H2. The third-order valence-electron chi connectivity index (χ3n) is 2.72. The zero-order valence-corrected chi connectivity index (χ0v) is 9.15. The van der Waals surface area contributed by atoms with Crippen LogP contribution in [0.4, 0.5) is 0 Å². The van der Waals surface area contributed by atoms with Crippen molar-refractivity contribution in [2.45, 2.75) is 12.8 Å². The highest BCUT2D eigenvalue weighted by Gasteiger charge is 2.13. The Balaban J connectivity index is 1.86. The number of terminal acetylenes is 1. The van der Waals surface area contributed by atoms with Gasteiger partial charge >= 0.3 is 0 Å². The molecule has 1 aliphatic rings. The van der Waals surface area contributed by atoms with Crippen molar-refractivity contribution in [2.24, 2.45) is 5.92 Å². The zero-order chi connectivity index (χ0) is 11.2. The maximum Gasteiger partial charge on any atom is 0.217 e. The summed E-state index contributed by atoms with van der Waals surface area (Å²) in [7, 11) is 0. The molecule has 0 aliphatic carbocycles. The van der Waals surface area contributed by atoms with Crippen LogP contribution in [-0.2, 0) is 0 Å². The molecular formula is C12H15N3O. The van der Waals surface area contributed by atoms with E-state index in [0.717, 1.165) is 25.9 Å². The first-order chi connectivity index (χ1) is 7.88. The molecule has 2 rings (SSSR count). The molecule has 1 fully saturated rings. The van der Waals surface area contributed by atoms with Gasteiger partial charge in [-0.15, -0.1) is 6.42 Å². The number of hydrogen-bond acceptors (Lipinski definition) is 4. The summed E-state index contributed by atoms with van der Waals surface area (Å²) in [5.74, 6) is 3.65. The Morgan fingerprint density at radius 2 is 2.25 bits per heavy atom. The van der Waals surface area contributed by atoms with E-state index in [-0.39, 0.29) is 0 Å². The summed E-state index contributed by atoms with van der Waals surface area (Å²) in [5, 5.41) is 3.32. The summed E-state index contributed by atoms with van der Waals surface area (Å²) < 4.78 is 5.61. The van der Waals surface area contributed by atoms with Gasteiger partial charge in [0.15, 0.2) is 0 Å². The van der Waals surface area contributed by atoms with Gasteiger partial charge in [0.2, 0.25) is 5.88 Å². The van der Waals surface area contributed by atoms with Crippen LogP contribution in [0, 0.1) is 18.3 Å². The van der Waals surface area contributed by atoms with Gasteiger partial charge in [-0.3, -0.25) is 0 Å². The van der Waals surface area contributed by atoms with Crippen LogP contribution in [0.15, 0.2) is 12.4 Å². The van der Waals surface area contributed by atoms with Crippen molar-refractivity contribution in [3.63, 3.8) is 0 Å². The lowest BCUT2D eigenvalue weighted by atomic mass is 9.99. The predicted octanol–water partition coefficient (Wildman–Crippen LogP) is 0.836. The first kappa shape index (κ1) is 10.9. The number of nitrogens with zero attached hydrogens (tertiary/aromatic N) is 2. The van der Waals surface area contributed by atoms with Crippen molar-refractivity contribution in [2.75, 3.05) is 19.7 Å². The minimum absolute atomic E-state index is 0.565.